The van der Waals surface area contributed by atoms with E-state index in [0.717, 1.165) is 29.8 Å². The van der Waals surface area contributed by atoms with Crippen LogP contribution in [0.3, 0.4) is 0 Å². The summed E-state index contributed by atoms with van der Waals surface area (Å²) in [7, 11) is 0. The van der Waals surface area contributed by atoms with Gasteiger partial charge >= 0.3 is 0 Å². The van der Waals surface area contributed by atoms with Gasteiger partial charge < -0.3 is 11.1 Å². The van der Waals surface area contributed by atoms with Gasteiger partial charge in [0.1, 0.15) is 5.82 Å². The number of aromatic nitrogens is 1. The van der Waals surface area contributed by atoms with E-state index in [1.807, 2.05) is 6.07 Å². The molecule has 0 saturated carbocycles. The van der Waals surface area contributed by atoms with Gasteiger partial charge in [-0.05, 0) is 35.2 Å². The van der Waals surface area contributed by atoms with Gasteiger partial charge in [0.15, 0.2) is 0 Å². The minimum Gasteiger partial charge on any atom is -0.383 e. The minimum atomic E-state index is 0.511. The molecule has 3 heteroatoms. The van der Waals surface area contributed by atoms with Crippen LogP contribution in [-0.4, -0.2) is 4.98 Å². The second-order valence-electron chi connectivity index (χ2n) is 6.15. The van der Waals surface area contributed by atoms with E-state index < -0.39 is 0 Å². The molecule has 0 bridgehead atoms. The molecule has 0 amide bonds. The average molecular weight is 329 g/mol. The fourth-order valence-electron chi connectivity index (χ4n) is 2.81. The van der Waals surface area contributed by atoms with Crippen molar-refractivity contribution >= 4 is 11.9 Å². The molecule has 3 nitrogen and oxygen atoms in total. The van der Waals surface area contributed by atoms with Crippen LogP contribution in [0.2, 0.25) is 0 Å². The Balaban J connectivity index is 1.65. The highest BCUT2D eigenvalue weighted by Crippen LogP contribution is 2.27. The predicted octanol–water partition coefficient (Wildman–Crippen LogP) is 4.57. The van der Waals surface area contributed by atoms with Crippen LogP contribution in [0.15, 0.2) is 67.4 Å². The zero-order valence-electron chi connectivity index (χ0n) is 14.5. The molecule has 0 unspecified atom stereocenters. The van der Waals surface area contributed by atoms with Crippen molar-refractivity contribution in [1.29, 1.82) is 0 Å². The van der Waals surface area contributed by atoms with E-state index in [0.29, 0.717) is 5.82 Å². The number of nitrogens with one attached hydrogen (secondary N) is 1. The van der Waals surface area contributed by atoms with E-state index in [4.69, 9.17) is 5.73 Å². The molecule has 0 saturated heterocycles. The summed E-state index contributed by atoms with van der Waals surface area (Å²) in [6.07, 6.45) is 3.49. The maximum atomic E-state index is 5.94. The number of anilines is 1. The molecule has 1 aromatic heterocycles. The zero-order chi connectivity index (χ0) is 17.6. The van der Waals surface area contributed by atoms with Crippen molar-refractivity contribution in [2.45, 2.75) is 20.0 Å². The van der Waals surface area contributed by atoms with Crippen LogP contribution in [-0.2, 0) is 13.1 Å². The van der Waals surface area contributed by atoms with Gasteiger partial charge in [0, 0.05) is 24.8 Å². The maximum Gasteiger partial charge on any atom is 0.131 e. The summed E-state index contributed by atoms with van der Waals surface area (Å²) >= 11 is 0. The van der Waals surface area contributed by atoms with Crippen molar-refractivity contribution in [2.75, 3.05) is 5.73 Å². The zero-order valence-corrected chi connectivity index (χ0v) is 14.5. The van der Waals surface area contributed by atoms with Crippen LogP contribution < -0.4 is 11.1 Å². The first-order valence-electron chi connectivity index (χ1n) is 8.40. The molecule has 126 valence electrons. The molecule has 0 radical (unpaired) electrons. The molecule has 0 spiro atoms. The van der Waals surface area contributed by atoms with E-state index in [-0.39, 0.29) is 0 Å². The van der Waals surface area contributed by atoms with Crippen LogP contribution in [0.5, 0.6) is 0 Å². The lowest BCUT2D eigenvalue weighted by Gasteiger charge is -2.10. The summed E-state index contributed by atoms with van der Waals surface area (Å²) in [5.74, 6) is 0.511. The number of nitrogen functional groups attached to an aromatic ring is 1. The van der Waals surface area contributed by atoms with E-state index in [1.54, 1.807) is 12.3 Å². The van der Waals surface area contributed by atoms with E-state index in [1.165, 1.54) is 16.7 Å². The summed E-state index contributed by atoms with van der Waals surface area (Å²) in [6, 6.07) is 19.1. The van der Waals surface area contributed by atoms with Gasteiger partial charge in [-0.25, -0.2) is 4.98 Å². The quantitative estimate of drug-likeness (QED) is 0.696. The van der Waals surface area contributed by atoms with Crippen LogP contribution in [0, 0.1) is 6.92 Å². The molecule has 0 atom stereocenters. The van der Waals surface area contributed by atoms with Crippen molar-refractivity contribution in [3.8, 4) is 11.1 Å². The van der Waals surface area contributed by atoms with Gasteiger partial charge in [0.25, 0.3) is 0 Å². The lowest BCUT2D eigenvalue weighted by molar-refractivity contribution is 0.693. The van der Waals surface area contributed by atoms with Gasteiger partial charge in [-0.15, -0.1) is 0 Å². The third-order valence-corrected chi connectivity index (χ3v) is 4.27. The average Bonchev–Trinajstić information content (AvgIpc) is 2.64. The van der Waals surface area contributed by atoms with Gasteiger partial charge in [-0.2, -0.15) is 0 Å². The Hall–Kier alpha value is -2.91. The van der Waals surface area contributed by atoms with Gasteiger partial charge in [0.05, 0.1) is 0 Å². The topological polar surface area (TPSA) is 50.9 Å². The smallest absolute Gasteiger partial charge is 0.131 e. The van der Waals surface area contributed by atoms with Gasteiger partial charge in [-0.1, -0.05) is 66.7 Å². The maximum absolute atomic E-state index is 5.94. The van der Waals surface area contributed by atoms with Crippen molar-refractivity contribution in [3.05, 3.63) is 89.6 Å². The number of nitrogens with zero attached hydrogens (tertiary/aromatic N) is 1. The summed E-state index contributed by atoms with van der Waals surface area (Å²) < 4.78 is 0. The highest BCUT2D eigenvalue weighted by Gasteiger charge is 2.06. The Labute approximate surface area is 149 Å². The molecule has 25 heavy (non-hydrogen) atoms. The SMILES string of the molecule is C=Cc1c(-c2ccc(CNCc3ccc(C)cc3)cc2)ccnc1N. The predicted molar refractivity (Wildman–Crippen MR) is 106 cm³/mol. The van der Waals surface area contributed by atoms with Crippen LogP contribution in [0.25, 0.3) is 17.2 Å². The Kier molecular flexibility index (Phi) is 5.26. The molecule has 0 aliphatic heterocycles. The lowest BCUT2D eigenvalue weighted by atomic mass is 10.00. The Morgan fingerprint density at radius 1 is 0.960 bits per heavy atom. The molecular formula is C22H23N3. The van der Waals surface area contributed by atoms with Gasteiger partial charge in [-0.3, -0.25) is 0 Å². The Morgan fingerprint density at radius 3 is 2.16 bits per heavy atom. The third-order valence-electron chi connectivity index (χ3n) is 4.27. The molecule has 0 aliphatic rings. The molecule has 2 aromatic carbocycles. The number of nitrogens with two attached hydrogens (primary N) is 1. The summed E-state index contributed by atoms with van der Waals surface area (Å²) in [5.41, 5.74) is 12.8. The molecule has 1 heterocycles. The highest BCUT2D eigenvalue weighted by atomic mass is 14.8. The van der Waals surface area contributed by atoms with E-state index in [9.17, 15) is 0 Å². The number of aryl methyl sites for hydroxylation is 1. The van der Waals surface area contributed by atoms with E-state index >= 15 is 0 Å². The van der Waals surface area contributed by atoms with Crippen molar-refractivity contribution in [2.24, 2.45) is 0 Å². The second kappa shape index (κ2) is 7.77. The molecule has 0 fully saturated rings. The van der Waals surface area contributed by atoms with Gasteiger partial charge in [0.2, 0.25) is 0 Å². The normalized spacial score (nSPS) is 10.6. The Morgan fingerprint density at radius 2 is 1.56 bits per heavy atom. The van der Waals surface area contributed by atoms with E-state index in [2.05, 4.69) is 72.3 Å². The minimum absolute atomic E-state index is 0.511. The number of pyridine rings is 1. The molecule has 3 rings (SSSR count). The summed E-state index contributed by atoms with van der Waals surface area (Å²) in [4.78, 5) is 4.12. The standard InChI is InChI=1S/C22H23N3/c1-3-20-21(12-13-25-22(20)23)19-10-8-18(9-11-19)15-24-14-17-6-4-16(2)5-7-17/h3-13,24H,1,14-15H2,2H3,(H2,23,25). The summed E-state index contributed by atoms with van der Waals surface area (Å²) in [5, 5.41) is 3.48. The largest absolute Gasteiger partial charge is 0.383 e. The Bertz CT molecular complexity index is 849. The molecular weight excluding hydrogens is 306 g/mol. The second-order valence-corrected chi connectivity index (χ2v) is 6.15. The fraction of sp³-hybridized carbons (Fsp3) is 0.136. The third kappa shape index (κ3) is 4.14. The fourth-order valence-corrected chi connectivity index (χ4v) is 2.81. The van der Waals surface area contributed by atoms with Crippen LogP contribution in [0.4, 0.5) is 5.82 Å². The first kappa shape index (κ1) is 16.9. The van der Waals surface area contributed by atoms with Crippen molar-refractivity contribution in [1.82, 2.24) is 10.3 Å². The number of hydrogen-bond acceptors (Lipinski definition) is 3. The summed E-state index contributed by atoms with van der Waals surface area (Å²) in [6.45, 7) is 7.64. The molecule has 0 aliphatic carbocycles. The van der Waals surface area contributed by atoms with Crippen molar-refractivity contribution in [3.63, 3.8) is 0 Å². The molecule has 3 aromatic rings. The first-order valence-corrected chi connectivity index (χ1v) is 8.40. The lowest BCUT2D eigenvalue weighted by Crippen LogP contribution is -2.12. The number of benzene rings is 2. The highest BCUT2D eigenvalue weighted by molar-refractivity contribution is 5.79. The number of hydrogen-bond donors (Lipinski definition) is 2. The van der Waals surface area contributed by atoms with Crippen LogP contribution >= 0.6 is 0 Å². The first-order chi connectivity index (χ1) is 12.2. The number of rotatable bonds is 6. The van der Waals surface area contributed by atoms with Crippen molar-refractivity contribution < 1.29 is 0 Å². The molecule has 3 N–H and O–H groups in total. The monoisotopic (exact) mass is 329 g/mol. The van der Waals surface area contributed by atoms with Crippen LogP contribution in [0.1, 0.15) is 22.3 Å².